The van der Waals surface area contributed by atoms with Crippen LogP contribution in [0.4, 0.5) is 17.1 Å². The zero-order chi connectivity index (χ0) is 51.0. The van der Waals surface area contributed by atoms with Gasteiger partial charge in [0, 0.05) is 72.7 Å². The summed E-state index contributed by atoms with van der Waals surface area (Å²) in [5, 5.41) is 7.28. The van der Waals surface area contributed by atoms with Crippen LogP contribution in [0.25, 0.3) is 0 Å². The largest absolute Gasteiger partial charge is 0.493 e. The van der Waals surface area contributed by atoms with E-state index in [1.807, 2.05) is 100 Å². The molecule has 0 bridgehead atoms. The van der Waals surface area contributed by atoms with Crippen LogP contribution in [-0.2, 0) is 53.7 Å². The van der Waals surface area contributed by atoms with Gasteiger partial charge in [-0.05, 0) is 117 Å². The molecule has 0 saturated heterocycles. The second-order valence-corrected chi connectivity index (χ2v) is 21.9. The van der Waals surface area contributed by atoms with Gasteiger partial charge in [-0.2, -0.15) is 8.42 Å². The second kappa shape index (κ2) is 25.6. The van der Waals surface area contributed by atoms with Gasteiger partial charge >= 0.3 is 0 Å². The lowest BCUT2D eigenvalue weighted by Crippen LogP contribution is -2.43. The fraction of sp³-hybridized carbons (Fsp3) is 0.380. The highest BCUT2D eigenvalue weighted by atomic mass is 33.1. The Morgan fingerprint density at radius 1 is 0.929 bits per heavy atom. The number of methoxy groups -OCH3 is 2. The van der Waals surface area contributed by atoms with Crippen LogP contribution in [0, 0.1) is 13.8 Å². The topological polar surface area (TPSA) is 219 Å². The number of allylic oxidation sites excluding steroid dienone is 1. The minimum absolute atomic E-state index is 0.0435. The van der Waals surface area contributed by atoms with Crippen molar-refractivity contribution >= 4 is 79.2 Å². The molecule has 1 aliphatic rings. The molecule has 1 heterocycles. The third-order valence-electron chi connectivity index (χ3n) is 11.2. The predicted molar refractivity (Wildman–Crippen MR) is 274 cm³/mol. The van der Waals surface area contributed by atoms with E-state index in [2.05, 4.69) is 16.0 Å². The van der Waals surface area contributed by atoms with Crippen LogP contribution in [0.5, 0.6) is 23.0 Å². The number of anilines is 3. The van der Waals surface area contributed by atoms with E-state index in [0.29, 0.717) is 47.8 Å². The number of hydrogen-bond acceptors (Lipinski definition) is 14. The Hall–Kier alpha value is -6.22. The number of nitrogens with one attached hydrogen (secondary N) is 3. The van der Waals surface area contributed by atoms with Crippen molar-refractivity contribution in [3.05, 3.63) is 113 Å². The molecule has 5 rings (SSSR count). The monoisotopic (exact) mass is 1020 g/mol. The van der Waals surface area contributed by atoms with E-state index in [-0.39, 0.29) is 57.0 Å². The van der Waals surface area contributed by atoms with Gasteiger partial charge in [-0.25, -0.2) is 0 Å². The van der Waals surface area contributed by atoms with Gasteiger partial charge in [0.1, 0.15) is 25.7 Å². The van der Waals surface area contributed by atoms with Gasteiger partial charge in [0.2, 0.25) is 24.1 Å². The minimum Gasteiger partial charge on any atom is -0.493 e. The van der Waals surface area contributed by atoms with E-state index >= 15 is 0 Å². The molecule has 4 amide bonds. The summed E-state index contributed by atoms with van der Waals surface area (Å²) in [7, 11) is 2.61. The van der Waals surface area contributed by atoms with Crippen LogP contribution in [-0.4, -0.2) is 105 Å². The summed E-state index contributed by atoms with van der Waals surface area (Å²) in [5.41, 5.74) is 6.61. The SMILES string of the molecule is COc1cc(C)ccc1OCc1cc(COc2cc(N[C@@H]3Cc4ccccc4N3C=O)c(C)cc2OC)cc(NC(=O)CCC(C)(C)SSCCC(C(=O)NCCN(C)C(=O)/C=C\C=O)S(=O)(=O)O)c1. The summed E-state index contributed by atoms with van der Waals surface area (Å²) in [5.74, 6) is 0.702. The highest BCUT2D eigenvalue weighted by Crippen LogP contribution is 2.40. The number of carbonyl (C=O) groups excluding carboxylic acids is 5. The van der Waals surface area contributed by atoms with E-state index in [0.717, 1.165) is 57.8 Å². The molecule has 0 aromatic heterocycles. The van der Waals surface area contributed by atoms with Crippen LogP contribution in [0.1, 0.15) is 60.9 Å². The number of likely N-dealkylation sites (N-methyl/N-ethyl adjacent to an activating group) is 1. The van der Waals surface area contributed by atoms with Crippen molar-refractivity contribution in [1.82, 2.24) is 10.2 Å². The molecule has 17 nitrogen and oxygen atoms in total. The van der Waals surface area contributed by atoms with Crippen molar-refractivity contribution in [2.24, 2.45) is 0 Å². The number of nitrogens with zero attached hydrogens (tertiary/aromatic N) is 2. The van der Waals surface area contributed by atoms with Crippen molar-refractivity contribution < 1.29 is 55.9 Å². The summed E-state index contributed by atoms with van der Waals surface area (Å²) in [4.78, 5) is 63.8. The van der Waals surface area contributed by atoms with Crippen molar-refractivity contribution in [2.45, 2.75) is 82.8 Å². The number of para-hydroxylation sites is 1. The summed E-state index contributed by atoms with van der Waals surface area (Å²) < 4.78 is 57.6. The van der Waals surface area contributed by atoms with Gasteiger partial charge in [-0.1, -0.05) is 45.9 Å². The Bertz CT molecular complexity index is 2650. The Labute approximate surface area is 417 Å². The summed E-state index contributed by atoms with van der Waals surface area (Å²) in [6, 6.07) is 22.8. The average Bonchev–Trinajstić information content (AvgIpc) is 3.68. The Kier molecular flexibility index (Phi) is 20.0. The molecule has 4 aromatic rings. The first kappa shape index (κ1) is 54.7. The lowest BCUT2D eigenvalue weighted by molar-refractivity contribution is -0.126. The number of aryl methyl sites for hydroxylation is 2. The Morgan fingerprint density at radius 3 is 2.29 bits per heavy atom. The maximum Gasteiger partial charge on any atom is 0.276 e. The zero-order valence-electron chi connectivity index (χ0n) is 40.3. The highest BCUT2D eigenvalue weighted by molar-refractivity contribution is 8.77. The van der Waals surface area contributed by atoms with Crippen molar-refractivity contribution in [2.75, 3.05) is 55.6 Å². The molecular weight excluding hydrogens is 959 g/mol. The minimum atomic E-state index is -4.74. The molecule has 4 aromatic carbocycles. The highest BCUT2D eigenvalue weighted by Gasteiger charge is 2.32. The molecule has 0 fully saturated rings. The number of aldehydes is 1. The second-order valence-electron chi connectivity index (χ2n) is 17.1. The van der Waals surface area contributed by atoms with Crippen molar-refractivity contribution in [3.63, 3.8) is 0 Å². The van der Waals surface area contributed by atoms with Gasteiger partial charge in [-0.3, -0.25) is 33.4 Å². The first-order chi connectivity index (χ1) is 33.3. The van der Waals surface area contributed by atoms with E-state index < -0.39 is 31.9 Å². The molecule has 376 valence electrons. The number of benzene rings is 4. The van der Waals surface area contributed by atoms with Gasteiger partial charge in [0.05, 0.1) is 14.2 Å². The van der Waals surface area contributed by atoms with Crippen molar-refractivity contribution in [3.8, 4) is 23.0 Å². The normalized spacial score (nSPS) is 13.8. The maximum absolute atomic E-state index is 13.6. The van der Waals surface area contributed by atoms with E-state index in [1.165, 1.54) is 33.5 Å². The lowest BCUT2D eigenvalue weighted by Gasteiger charge is -2.25. The molecule has 2 atom stereocenters. The third kappa shape index (κ3) is 15.9. The molecule has 1 unspecified atom stereocenters. The van der Waals surface area contributed by atoms with Crippen LogP contribution in [0.3, 0.4) is 0 Å². The van der Waals surface area contributed by atoms with Crippen LogP contribution in [0.15, 0.2) is 84.9 Å². The fourth-order valence-corrected chi connectivity index (χ4v) is 11.0. The van der Waals surface area contributed by atoms with Gasteiger partial charge in [0.15, 0.2) is 28.2 Å². The molecular formula is C50H61N5O12S3. The average molecular weight is 1020 g/mol. The summed E-state index contributed by atoms with van der Waals surface area (Å²) >= 11 is 0. The van der Waals surface area contributed by atoms with Crippen molar-refractivity contribution in [1.29, 1.82) is 0 Å². The standard InChI is InChI=1S/C50H61N5O12S3/c1-33-14-15-41(42(23-33)64-6)66-30-35-25-36(31-67-44-29-39(34(2)24-43(44)65-7)53-46-28-37-11-8-9-12-40(37)55(46)32-57)27-38(26-35)52-47(58)16-18-50(3,4)69-68-22-17-45(70(61,62)63)49(60)51-19-20-54(5)48(59)13-10-21-56/h8-15,21,23-27,29,32,45-46,53H,16-20,22,28,30-31H2,1-7H3,(H,51,60)(H,52,58)(H,61,62,63)/b13-10-/t45?,46-/m0/s1. The lowest BCUT2D eigenvalue weighted by atomic mass is 10.1. The predicted octanol–water partition coefficient (Wildman–Crippen LogP) is 7.29. The number of amides is 4. The molecule has 4 N–H and O–H groups in total. The third-order valence-corrected chi connectivity index (χ3v) is 15.8. The van der Waals surface area contributed by atoms with Gasteiger partial charge in [0.25, 0.3) is 10.1 Å². The number of hydrogen-bond donors (Lipinski definition) is 4. The van der Waals surface area contributed by atoms with Crippen LogP contribution < -0.4 is 39.8 Å². The molecule has 0 saturated carbocycles. The fourth-order valence-electron chi connectivity index (χ4n) is 7.42. The molecule has 0 spiro atoms. The first-order valence-electron chi connectivity index (χ1n) is 22.4. The van der Waals surface area contributed by atoms with E-state index in [9.17, 15) is 36.9 Å². The molecule has 20 heteroatoms. The van der Waals surface area contributed by atoms with Gasteiger partial charge in [-0.15, -0.1) is 0 Å². The summed E-state index contributed by atoms with van der Waals surface area (Å²) in [6.07, 6.45) is 4.13. The van der Waals surface area contributed by atoms with E-state index in [4.69, 9.17) is 18.9 Å². The number of fused-ring (bicyclic) bond motifs is 1. The quantitative estimate of drug-likeness (QED) is 0.0152. The Balaban J connectivity index is 1.22. The smallest absolute Gasteiger partial charge is 0.276 e. The van der Waals surface area contributed by atoms with E-state index in [1.54, 1.807) is 19.1 Å². The van der Waals surface area contributed by atoms with Gasteiger partial charge < -0.3 is 39.8 Å². The molecule has 0 radical (unpaired) electrons. The number of rotatable bonds is 27. The molecule has 0 aliphatic carbocycles. The summed E-state index contributed by atoms with van der Waals surface area (Å²) in [6.45, 7) is 8.02. The maximum atomic E-state index is 13.6. The Morgan fingerprint density at radius 2 is 1.61 bits per heavy atom. The molecule has 1 aliphatic heterocycles. The molecule has 70 heavy (non-hydrogen) atoms. The van der Waals surface area contributed by atoms with Crippen LogP contribution in [0.2, 0.25) is 0 Å². The number of ether oxygens (including phenoxy) is 4. The van der Waals surface area contributed by atoms with Crippen LogP contribution >= 0.6 is 21.6 Å². The zero-order valence-corrected chi connectivity index (χ0v) is 42.8. The first-order valence-corrected chi connectivity index (χ1v) is 26.2. The number of carbonyl (C=O) groups is 5.